The van der Waals surface area contributed by atoms with E-state index < -0.39 is 5.97 Å². The minimum Gasteiger partial charge on any atom is -0.481 e. The van der Waals surface area contributed by atoms with E-state index in [2.05, 4.69) is 36.8 Å². The van der Waals surface area contributed by atoms with E-state index in [1.807, 2.05) is 18.2 Å². The van der Waals surface area contributed by atoms with Crippen LogP contribution < -0.4 is 0 Å². The fourth-order valence-corrected chi connectivity index (χ4v) is 1.79. The Kier molecular flexibility index (Phi) is 23.0. The Morgan fingerprint density at radius 3 is 2.08 bits per heavy atom. The van der Waals surface area contributed by atoms with Crippen molar-refractivity contribution in [3.63, 3.8) is 0 Å². The molecule has 0 rings (SSSR count). The molecule has 0 aliphatic carbocycles. The molecule has 0 saturated carbocycles. The number of allylic oxidation sites excluding steroid dienone is 7. The maximum absolute atomic E-state index is 10.3. The Balaban J connectivity index is 0. The number of esters is 1. The van der Waals surface area contributed by atoms with Crippen molar-refractivity contribution in [1.82, 2.24) is 0 Å². The molecule has 0 radical (unpaired) electrons. The third-order valence-corrected chi connectivity index (χ3v) is 3.13. The first-order valence-corrected chi connectivity index (χ1v) is 9.55. The molecule has 0 saturated heterocycles. The van der Waals surface area contributed by atoms with Gasteiger partial charge in [0.25, 0.3) is 0 Å². The van der Waals surface area contributed by atoms with Crippen LogP contribution in [0.25, 0.3) is 0 Å². The molecule has 0 aliphatic rings. The molecule has 4 heteroatoms. The number of rotatable bonds is 13. The molecule has 0 atom stereocenters. The maximum atomic E-state index is 10.3. The molecule has 0 aromatic heterocycles. The van der Waals surface area contributed by atoms with Crippen LogP contribution in [0.5, 0.6) is 0 Å². The number of carboxylic acid groups (broad SMARTS) is 1. The Morgan fingerprint density at radius 2 is 1.50 bits per heavy atom. The highest BCUT2D eigenvalue weighted by molar-refractivity contribution is 5.67. The van der Waals surface area contributed by atoms with Crippen molar-refractivity contribution in [3.8, 4) is 0 Å². The summed E-state index contributed by atoms with van der Waals surface area (Å²) in [4.78, 5) is 20.4. The molecule has 0 amide bonds. The second-order valence-corrected chi connectivity index (χ2v) is 5.72. The van der Waals surface area contributed by atoms with Crippen molar-refractivity contribution in [2.75, 3.05) is 0 Å². The number of hydrogen-bond acceptors (Lipinski definition) is 3. The Labute approximate surface area is 159 Å². The number of carboxylic acids is 1. The zero-order valence-corrected chi connectivity index (χ0v) is 16.7. The Hall–Kier alpha value is -2.10. The number of unbranched alkanes of at least 4 members (excludes halogenated alkanes) is 4. The van der Waals surface area contributed by atoms with Crippen LogP contribution in [-0.4, -0.2) is 17.0 Å². The van der Waals surface area contributed by atoms with E-state index in [0.29, 0.717) is 6.42 Å². The summed E-state index contributed by atoms with van der Waals surface area (Å²) < 4.78 is 4.60. The summed E-state index contributed by atoms with van der Waals surface area (Å²) in [6.07, 6.45) is 24.3. The number of carbonyl (C=O) groups is 2. The summed E-state index contributed by atoms with van der Waals surface area (Å²) in [5, 5.41) is 8.34. The Morgan fingerprint density at radius 1 is 0.846 bits per heavy atom. The average molecular weight is 365 g/mol. The summed E-state index contributed by atoms with van der Waals surface area (Å²) in [5.41, 5.74) is 0. The van der Waals surface area contributed by atoms with Crippen molar-refractivity contribution in [3.05, 3.63) is 48.8 Å². The summed E-state index contributed by atoms with van der Waals surface area (Å²) >= 11 is 0. The minimum atomic E-state index is -0.726. The van der Waals surface area contributed by atoms with Gasteiger partial charge in [0.2, 0.25) is 0 Å². The van der Waals surface area contributed by atoms with Crippen LogP contribution >= 0.6 is 0 Å². The van der Waals surface area contributed by atoms with Crippen LogP contribution in [0.1, 0.15) is 78.6 Å². The van der Waals surface area contributed by atoms with E-state index in [0.717, 1.165) is 25.7 Å². The molecule has 0 spiro atoms. The first-order valence-electron chi connectivity index (χ1n) is 9.55. The summed E-state index contributed by atoms with van der Waals surface area (Å²) in [6.45, 7) is 5.68. The maximum Gasteiger partial charge on any atom is 0.307 e. The van der Waals surface area contributed by atoms with E-state index >= 15 is 0 Å². The van der Waals surface area contributed by atoms with E-state index in [9.17, 15) is 9.59 Å². The molecule has 0 unspecified atom stereocenters. The van der Waals surface area contributed by atoms with Gasteiger partial charge in [-0.05, 0) is 44.6 Å². The fourth-order valence-electron chi connectivity index (χ4n) is 1.79. The minimum absolute atomic E-state index is 0.237. The molecule has 0 aliphatic heterocycles. The van der Waals surface area contributed by atoms with Gasteiger partial charge in [-0.3, -0.25) is 9.59 Å². The second-order valence-electron chi connectivity index (χ2n) is 5.72. The monoisotopic (exact) mass is 364 g/mol. The topological polar surface area (TPSA) is 63.6 Å². The van der Waals surface area contributed by atoms with Gasteiger partial charge in [0.1, 0.15) is 0 Å². The lowest BCUT2D eigenvalue weighted by Crippen LogP contribution is -1.91. The van der Waals surface area contributed by atoms with Crippen LogP contribution in [0.4, 0.5) is 0 Å². The van der Waals surface area contributed by atoms with Crippen molar-refractivity contribution < 1.29 is 19.4 Å². The van der Waals surface area contributed by atoms with Gasteiger partial charge in [-0.15, -0.1) is 0 Å². The lowest BCUT2D eigenvalue weighted by atomic mass is 10.2. The Bertz CT molecular complexity index is 445. The van der Waals surface area contributed by atoms with Crippen LogP contribution in [0.2, 0.25) is 0 Å². The van der Waals surface area contributed by atoms with Gasteiger partial charge in [0.05, 0.1) is 6.26 Å². The molecular formula is C22H36O4. The summed E-state index contributed by atoms with van der Waals surface area (Å²) in [7, 11) is 0. The molecule has 0 heterocycles. The molecule has 0 fully saturated rings. The van der Waals surface area contributed by atoms with Crippen molar-refractivity contribution >= 4 is 11.9 Å². The van der Waals surface area contributed by atoms with Crippen molar-refractivity contribution in [2.24, 2.45) is 0 Å². The average Bonchev–Trinajstić information content (AvgIpc) is 2.60. The predicted octanol–water partition coefficient (Wildman–Crippen LogP) is 6.35. The number of carbonyl (C=O) groups excluding carboxylic acids is 1. The second kappa shape index (κ2) is 22.9. The van der Waals surface area contributed by atoms with Gasteiger partial charge in [-0.2, -0.15) is 0 Å². The molecule has 0 aromatic rings. The normalized spacial score (nSPS) is 11.3. The van der Waals surface area contributed by atoms with Crippen LogP contribution in [0, 0.1) is 0 Å². The van der Waals surface area contributed by atoms with Gasteiger partial charge in [0.15, 0.2) is 0 Å². The lowest BCUT2D eigenvalue weighted by Gasteiger charge is -1.90. The van der Waals surface area contributed by atoms with E-state index in [1.54, 1.807) is 6.08 Å². The predicted molar refractivity (Wildman–Crippen MR) is 109 cm³/mol. The molecule has 148 valence electrons. The number of aliphatic carboxylic acids is 1. The molecular weight excluding hydrogens is 328 g/mol. The molecule has 0 aromatic carbocycles. The third kappa shape index (κ3) is 29.9. The van der Waals surface area contributed by atoms with Crippen molar-refractivity contribution in [1.29, 1.82) is 0 Å². The van der Waals surface area contributed by atoms with Crippen LogP contribution in [0.15, 0.2) is 48.8 Å². The molecule has 0 bridgehead atoms. The zero-order valence-electron chi connectivity index (χ0n) is 16.7. The molecule has 4 nitrogen and oxygen atoms in total. The number of ether oxygens (including phenoxy) is 1. The first-order chi connectivity index (χ1) is 12.5. The molecule has 1 N–H and O–H groups in total. The largest absolute Gasteiger partial charge is 0.481 e. The zero-order chi connectivity index (χ0) is 19.9. The standard InChI is InChI=1S/2C11H18O2/c1-3-4-5-6-7-8-9-10-13-11(2)12;1-2-3-4-5-6-7-8-9-10-11(12)13/h7-10H,3-6H2,1-2H3;3-4,7-8H,2,5-6,9-10H2,1H3,(H,12,13)/b;4-3+,8-7-. The van der Waals surface area contributed by atoms with Gasteiger partial charge in [-0.25, -0.2) is 0 Å². The van der Waals surface area contributed by atoms with E-state index in [4.69, 9.17) is 5.11 Å². The van der Waals surface area contributed by atoms with E-state index in [1.165, 1.54) is 32.4 Å². The molecule has 26 heavy (non-hydrogen) atoms. The van der Waals surface area contributed by atoms with Crippen molar-refractivity contribution in [2.45, 2.75) is 78.6 Å². The highest BCUT2D eigenvalue weighted by atomic mass is 16.5. The van der Waals surface area contributed by atoms with E-state index in [-0.39, 0.29) is 12.4 Å². The smallest absolute Gasteiger partial charge is 0.307 e. The van der Waals surface area contributed by atoms with Gasteiger partial charge < -0.3 is 9.84 Å². The quantitative estimate of drug-likeness (QED) is 0.136. The lowest BCUT2D eigenvalue weighted by molar-refractivity contribution is -0.137. The third-order valence-electron chi connectivity index (χ3n) is 3.13. The highest BCUT2D eigenvalue weighted by Gasteiger charge is 1.90. The van der Waals surface area contributed by atoms with Crippen LogP contribution in [-0.2, 0) is 14.3 Å². The fraction of sp³-hybridized carbons (Fsp3) is 0.545. The summed E-state index contributed by atoms with van der Waals surface area (Å²) in [5.74, 6) is -1.01. The van der Waals surface area contributed by atoms with Gasteiger partial charge in [0, 0.05) is 13.3 Å². The SMILES string of the molecule is CC/C=C/CC/C=C\CCC(=O)O.CCCCCC=CC=COC(C)=O. The van der Waals surface area contributed by atoms with Gasteiger partial charge >= 0.3 is 11.9 Å². The van der Waals surface area contributed by atoms with Crippen LogP contribution in [0.3, 0.4) is 0 Å². The summed E-state index contributed by atoms with van der Waals surface area (Å²) in [6, 6.07) is 0. The van der Waals surface area contributed by atoms with Gasteiger partial charge in [-0.1, -0.05) is 63.1 Å². The highest BCUT2D eigenvalue weighted by Crippen LogP contribution is 1.99. The number of hydrogen-bond donors (Lipinski definition) is 1. The first kappa shape index (κ1) is 26.1.